The van der Waals surface area contributed by atoms with E-state index in [0.717, 1.165) is 70.6 Å². The van der Waals surface area contributed by atoms with Crippen molar-refractivity contribution in [1.29, 1.82) is 0 Å². The second-order valence-corrected chi connectivity index (χ2v) is 18.5. The van der Waals surface area contributed by atoms with Gasteiger partial charge in [-0.1, -0.05) is 231 Å². The molecule has 1 unspecified atom stereocenters. The molecule has 0 bridgehead atoms. The van der Waals surface area contributed by atoms with Gasteiger partial charge in [-0.25, -0.2) is 0 Å². The maximum Gasteiger partial charge on any atom is 0.306 e. The molecular weight excluding hydrogens is 781 g/mol. The van der Waals surface area contributed by atoms with Gasteiger partial charge in [0.25, 0.3) is 0 Å². The number of carbonyl (C=O) groups is 3. The molecule has 0 aromatic rings. The molecule has 0 aliphatic rings. The third kappa shape index (κ3) is 50.5. The van der Waals surface area contributed by atoms with Gasteiger partial charge in [-0.3, -0.25) is 14.4 Å². The maximum atomic E-state index is 12.8. The summed E-state index contributed by atoms with van der Waals surface area (Å²) >= 11 is 0. The van der Waals surface area contributed by atoms with Crippen LogP contribution in [0, 0.1) is 0 Å². The molecule has 0 aliphatic heterocycles. The number of allylic oxidation sites excluding steroid dienone is 6. The fourth-order valence-electron chi connectivity index (χ4n) is 7.94. The zero-order chi connectivity index (χ0) is 45.8. The van der Waals surface area contributed by atoms with Crippen LogP contribution in [-0.2, 0) is 28.6 Å². The van der Waals surface area contributed by atoms with Crippen LogP contribution in [0.4, 0.5) is 0 Å². The van der Waals surface area contributed by atoms with E-state index in [1.807, 2.05) is 0 Å². The number of rotatable bonds is 50. The molecule has 6 heteroatoms. The lowest BCUT2D eigenvalue weighted by atomic mass is 10.1. The molecule has 0 N–H and O–H groups in total. The Hall–Kier alpha value is -2.37. The summed E-state index contributed by atoms with van der Waals surface area (Å²) in [5.41, 5.74) is 0. The molecule has 63 heavy (non-hydrogen) atoms. The second kappa shape index (κ2) is 52.3. The van der Waals surface area contributed by atoms with E-state index >= 15 is 0 Å². The predicted octanol–water partition coefficient (Wildman–Crippen LogP) is 18.1. The van der Waals surface area contributed by atoms with Crippen LogP contribution in [0.15, 0.2) is 36.5 Å². The van der Waals surface area contributed by atoms with Gasteiger partial charge in [0.05, 0.1) is 0 Å². The van der Waals surface area contributed by atoms with Crippen molar-refractivity contribution in [3.05, 3.63) is 36.5 Å². The normalized spacial score (nSPS) is 12.2. The molecule has 0 saturated heterocycles. The average Bonchev–Trinajstić information content (AvgIpc) is 3.28. The number of ether oxygens (including phenoxy) is 3. The Balaban J connectivity index is 4.16. The standard InChI is InChI=1S/C57H104O6/c1-4-7-10-13-16-18-20-22-24-26-28-29-30-32-33-35-37-39-41-44-47-50-56(59)62-53-54(52-61-55(58)49-46-43-15-12-9-6-3)63-57(60)51-48-45-42-40-38-36-34-31-27-25-23-21-19-17-14-11-8-5-2/h19,21,25-28,54H,4-18,20,22-24,29-53H2,1-3H3/b21-19-,27-25-,28-26-. The second-order valence-electron chi connectivity index (χ2n) is 18.5. The molecule has 1 atom stereocenters. The Morgan fingerprint density at radius 1 is 0.317 bits per heavy atom. The summed E-state index contributed by atoms with van der Waals surface area (Å²) in [5, 5.41) is 0. The third-order valence-electron chi connectivity index (χ3n) is 12.1. The van der Waals surface area contributed by atoms with Crippen LogP contribution < -0.4 is 0 Å². The number of hydrogen-bond acceptors (Lipinski definition) is 6. The zero-order valence-electron chi connectivity index (χ0n) is 42.1. The van der Waals surface area contributed by atoms with Crippen molar-refractivity contribution in [2.45, 2.75) is 297 Å². The summed E-state index contributed by atoms with van der Waals surface area (Å²) < 4.78 is 16.7. The summed E-state index contributed by atoms with van der Waals surface area (Å²) in [4.78, 5) is 37.8. The molecule has 368 valence electrons. The van der Waals surface area contributed by atoms with E-state index in [-0.39, 0.29) is 31.1 Å². The van der Waals surface area contributed by atoms with Crippen molar-refractivity contribution < 1.29 is 28.6 Å². The van der Waals surface area contributed by atoms with Crippen LogP contribution >= 0.6 is 0 Å². The highest BCUT2D eigenvalue weighted by atomic mass is 16.6. The number of carbonyl (C=O) groups excluding carboxylic acids is 3. The molecule has 0 radical (unpaired) electrons. The highest BCUT2D eigenvalue weighted by Crippen LogP contribution is 2.15. The molecule has 0 amide bonds. The molecule has 0 aliphatic carbocycles. The quantitative estimate of drug-likeness (QED) is 0.0262. The molecule has 0 aromatic heterocycles. The average molecular weight is 885 g/mol. The van der Waals surface area contributed by atoms with Gasteiger partial charge in [0.1, 0.15) is 13.2 Å². The van der Waals surface area contributed by atoms with Crippen LogP contribution in [0.3, 0.4) is 0 Å². The Morgan fingerprint density at radius 2 is 0.571 bits per heavy atom. The molecular formula is C57H104O6. The van der Waals surface area contributed by atoms with E-state index < -0.39 is 6.10 Å². The first-order valence-electron chi connectivity index (χ1n) is 27.5. The summed E-state index contributed by atoms with van der Waals surface area (Å²) in [7, 11) is 0. The van der Waals surface area contributed by atoms with Crippen molar-refractivity contribution >= 4 is 17.9 Å². The fourth-order valence-corrected chi connectivity index (χ4v) is 7.94. The maximum absolute atomic E-state index is 12.8. The first-order valence-corrected chi connectivity index (χ1v) is 27.5. The monoisotopic (exact) mass is 885 g/mol. The van der Waals surface area contributed by atoms with Crippen molar-refractivity contribution in [3.8, 4) is 0 Å². The van der Waals surface area contributed by atoms with Crippen LogP contribution in [-0.4, -0.2) is 37.2 Å². The topological polar surface area (TPSA) is 78.9 Å². The van der Waals surface area contributed by atoms with Gasteiger partial charge in [0.2, 0.25) is 0 Å². The van der Waals surface area contributed by atoms with Crippen LogP contribution in [0.1, 0.15) is 290 Å². The minimum Gasteiger partial charge on any atom is -0.462 e. The lowest BCUT2D eigenvalue weighted by Gasteiger charge is -2.18. The molecule has 0 aromatic carbocycles. The lowest BCUT2D eigenvalue weighted by Crippen LogP contribution is -2.30. The molecule has 0 rings (SSSR count). The highest BCUT2D eigenvalue weighted by Gasteiger charge is 2.19. The summed E-state index contributed by atoms with van der Waals surface area (Å²) in [6, 6.07) is 0. The largest absolute Gasteiger partial charge is 0.462 e. The van der Waals surface area contributed by atoms with Gasteiger partial charge in [0, 0.05) is 19.3 Å². The van der Waals surface area contributed by atoms with Gasteiger partial charge < -0.3 is 14.2 Å². The highest BCUT2D eigenvalue weighted by molar-refractivity contribution is 5.71. The lowest BCUT2D eigenvalue weighted by molar-refractivity contribution is -0.167. The van der Waals surface area contributed by atoms with Crippen LogP contribution in [0.2, 0.25) is 0 Å². The van der Waals surface area contributed by atoms with Crippen molar-refractivity contribution in [2.24, 2.45) is 0 Å². The van der Waals surface area contributed by atoms with Gasteiger partial charge >= 0.3 is 17.9 Å². The van der Waals surface area contributed by atoms with E-state index in [2.05, 4.69) is 57.2 Å². The smallest absolute Gasteiger partial charge is 0.306 e. The van der Waals surface area contributed by atoms with E-state index in [1.54, 1.807) is 0 Å². The number of esters is 3. The molecule has 0 fully saturated rings. The third-order valence-corrected chi connectivity index (χ3v) is 12.1. The van der Waals surface area contributed by atoms with Crippen molar-refractivity contribution in [1.82, 2.24) is 0 Å². The van der Waals surface area contributed by atoms with Crippen molar-refractivity contribution in [2.75, 3.05) is 13.2 Å². The minimum atomic E-state index is -0.772. The van der Waals surface area contributed by atoms with E-state index in [4.69, 9.17) is 14.2 Å². The van der Waals surface area contributed by atoms with Crippen LogP contribution in [0.5, 0.6) is 0 Å². The number of unbranched alkanes of at least 4 members (excludes halogenated alkanes) is 33. The Morgan fingerprint density at radius 3 is 0.905 bits per heavy atom. The number of hydrogen-bond donors (Lipinski definition) is 0. The molecule has 0 spiro atoms. The van der Waals surface area contributed by atoms with Gasteiger partial charge in [-0.15, -0.1) is 0 Å². The van der Waals surface area contributed by atoms with Crippen LogP contribution in [0.25, 0.3) is 0 Å². The first-order chi connectivity index (χ1) is 31.0. The Bertz CT molecular complexity index is 1060. The van der Waals surface area contributed by atoms with Crippen molar-refractivity contribution in [3.63, 3.8) is 0 Å². The SMILES string of the molecule is CCCCCC/C=C\C/C=C\CCCCCCCCCC(=O)OC(COC(=O)CCCCCCCC)COC(=O)CCCCCCCCCCC/C=C\CCCCCCCCCC. The predicted molar refractivity (Wildman–Crippen MR) is 270 cm³/mol. The first kappa shape index (κ1) is 60.6. The molecule has 0 heterocycles. The molecule has 6 nitrogen and oxygen atoms in total. The Kier molecular flexibility index (Phi) is 50.3. The fraction of sp³-hybridized carbons (Fsp3) is 0.842. The van der Waals surface area contributed by atoms with Gasteiger partial charge in [0.15, 0.2) is 6.10 Å². The molecule has 0 saturated carbocycles. The van der Waals surface area contributed by atoms with Gasteiger partial charge in [-0.2, -0.15) is 0 Å². The van der Waals surface area contributed by atoms with Gasteiger partial charge in [-0.05, 0) is 77.0 Å². The Labute approximate surface area is 391 Å². The summed E-state index contributed by atoms with van der Waals surface area (Å²) in [6.45, 7) is 6.58. The summed E-state index contributed by atoms with van der Waals surface area (Å²) in [6.07, 6.45) is 61.6. The van der Waals surface area contributed by atoms with E-state index in [0.29, 0.717) is 19.3 Å². The van der Waals surface area contributed by atoms with E-state index in [9.17, 15) is 14.4 Å². The zero-order valence-corrected chi connectivity index (χ0v) is 42.1. The van der Waals surface area contributed by atoms with E-state index in [1.165, 1.54) is 180 Å². The minimum absolute atomic E-state index is 0.0745. The summed E-state index contributed by atoms with van der Waals surface area (Å²) in [5.74, 6) is -0.883.